The zero-order valence-electron chi connectivity index (χ0n) is 14.3. The number of amides is 1. The van der Waals surface area contributed by atoms with E-state index >= 15 is 0 Å². The third-order valence-electron chi connectivity index (χ3n) is 3.65. The molecule has 0 fully saturated rings. The summed E-state index contributed by atoms with van der Waals surface area (Å²) in [6.45, 7) is 0.157. The number of carbonyl (C=O) groups is 1. The zero-order valence-corrected chi connectivity index (χ0v) is 15.1. The first-order valence-corrected chi connectivity index (χ1v) is 8.91. The number of hydrogen-bond acceptors (Lipinski definition) is 7. The summed E-state index contributed by atoms with van der Waals surface area (Å²) in [4.78, 5) is 25.1. The summed E-state index contributed by atoms with van der Waals surface area (Å²) >= 11 is 1.40. The fraction of sp³-hybridized carbons (Fsp3) is 0.278. The predicted molar refractivity (Wildman–Crippen MR) is 98.9 cm³/mol. The zero-order chi connectivity index (χ0) is 19.6. The second kappa shape index (κ2) is 9.90. The van der Waals surface area contributed by atoms with Crippen LogP contribution >= 0.6 is 11.3 Å². The number of carbonyl (C=O) groups excluding carboxylic acids is 1. The summed E-state index contributed by atoms with van der Waals surface area (Å²) in [5.41, 5.74) is 0.467. The van der Waals surface area contributed by atoms with Gasteiger partial charge in [0.2, 0.25) is 0 Å². The summed E-state index contributed by atoms with van der Waals surface area (Å²) in [5, 5.41) is 30.3. The number of non-ortho nitro benzene ring substituents is 1. The highest BCUT2D eigenvalue weighted by Gasteiger charge is 2.17. The van der Waals surface area contributed by atoms with Gasteiger partial charge in [-0.25, -0.2) is 0 Å². The van der Waals surface area contributed by atoms with Gasteiger partial charge in [0, 0.05) is 35.7 Å². The van der Waals surface area contributed by atoms with E-state index in [4.69, 9.17) is 15.3 Å². The lowest BCUT2D eigenvalue weighted by Crippen LogP contribution is -2.36. The molecule has 2 rings (SSSR count). The van der Waals surface area contributed by atoms with Crippen molar-refractivity contribution in [3.05, 3.63) is 45.8 Å². The van der Waals surface area contributed by atoms with Crippen LogP contribution in [-0.4, -0.2) is 35.4 Å². The van der Waals surface area contributed by atoms with Gasteiger partial charge in [0.05, 0.1) is 29.9 Å². The molecule has 0 bridgehead atoms. The van der Waals surface area contributed by atoms with E-state index in [-0.39, 0.29) is 44.1 Å². The Balaban J connectivity index is 2.16. The van der Waals surface area contributed by atoms with Crippen LogP contribution < -0.4 is 4.74 Å². The number of nitro groups is 1. The first kappa shape index (κ1) is 19.9. The Kier molecular flexibility index (Phi) is 7.29. The minimum Gasteiger partial charge on any atom is -0.483 e. The van der Waals surface area contributed by atoms with Gasteiger partial charge in [-0.3, -0.25) is 14.9 Å². The van der Waals surface area contributed by atoms with E-state index < -0.39 is 4.92 Å². The molecule has 0 aliphatic carbocycles. The highest BCUT2D eigenvalue weighted by atomic mass is 32.1. The van der Waals surface area contributed by atoms with Crippen molar-refractivity contribution in [3.8, 4) is 28.3 Å². The molecule has 0 unspecified atom stereocenters. The fourth-order valence-corrected chi connectivity index (χ4v) is 3.09. The lowest BCUT2D eigenvalue weighted by molar-refractivity contribution is -0.384. The van der Waals surface area contributed by atoms with Crippen LogP contribution in [0.15, 0.2) is 35.7 Å². The van der Waals surface area contributed by atoms with Gasteiger partial charge in [0.15, 0.2) is 6.61 Å². The summed E-state index contributed by atoms with van der Waals surface area (Å²) < 4.78 is 5.63. The molecule has 1 amide bonds. The molecule has 0 atom stereocenters. The van der Waals surface area contributed by atoms with Gasteiger partial charge >= 0.3 is 0 Å². The van der Waals surface area contributed by atoms with Crippen LogP contribution in [0.2, 0.25) is 0 Å². The maximum Gasteiger partial charge on any atom is 0.270 e. The first-order valence-electron chi connectivity index (χ1n) is 8.03. The molecule has 1 aromatic heterocycles. The van der Waals surface area contributed by atoms with E-state index in [0.29, 0.717) is 11.3 Å². The van der Waals surface area contributed by atoms with E-state index in [9.17, 15) is 14.9 Å². The quantitative estimate of drug-likeness (QED) is 0.483. The van der Waals surface area contributed by atoms with Crippen LogP contribution in [0, 0.1) is 32.8 Å². The van der Waals surface area contributed by atoms with Crippen molar-refractivity contribution in [1.82, 2.24) is 4.90 Å². The molecular weight excluding hydrogens is 368 g/mol. The Morgan fingerprint density at radius 3 is 2.48 bits per heavy atom. The maximum atomic E-state index is 12.4. The molecule has 27 heavy (non-hydrogen) atoms. The molecule has 8 nitrogen and oxygen atoms in total. The highest BCUT2D eigenvalue weighted by Crippen LogP contribution is 2.36. The average molecular weight is 384 g/mol. The lowest BCUT2D eigenvalue weighted by atomic mass is 10.1. The number of thiophene rings is 1. The summed E-state index contributed by atoms with van der Waals surface area (Å²) in [5.74, 6) is 0.00731. The van der Waals surface area contributed by atoms with Crippen molar-refractivity contribution >= 4 is 22.9 Å². The SMILES string of the molecule is N#CCCN(CCC#N)C(=O)COc1ccc([N+](=O)[O-])cc1-c1cccs1. The molecule has 0 aliphatic rings. The molecule has 1 aromatic carbocycles. The Labute approximate surface area is 160 Å². The van der Waals surface area contributed by atoms with E-state index in [1.165, 1.54) is 34.4 Å². The molecule has 0 aliphatic heterocycles. The second-order valence-corrected chi connectivity index (χ2v) is 6.35. The van der Waals surface area contributed by atoms with E-state index in [1.807, 2.05) is 29.7 Å². The van der Waals surface area contributed by atoms with Crippen molar-refractivity contribution in [3.63, 3.8) is 0 Å². The summed E-state index contributed by atoms with van der Waals surface area (Å²) in [7, 11) is 0. The molecule has 138 valence electrons. The first-order chi connectivity index (χ1) is 13.1. The van der Waals surface area contributed by atoms with Crippen molar-refractivity contribution < 1.29 is 14.5 Å². The van der Waals surface area contributed by atoms with E-state index in [2.05, 4.69) is 0 Å². The van der Waals surface area contributed by atoms with Crippen molar-refractivity contribution in [1.29, 1.82) is 10.5 Å². The average Bonchev–Trinajstić information content (AvgIpc) is 3.20. The molecular formula is C18H16N4O4S. The van der Waals surface area contributed by atoms with Crippen LogP contribution in [0.4, 0.5) is 5.69 Å². The Morgan fingerprint density at radius 1 is 1.22 bits per heavy atom. The van der Waals surface area contributed by atoms with Gasteiger partial charge in [0.1, 0.15) is 5.75 Å². The number of ether oxygens (including phenoxy) is 1. The number of nitro benzene ring substituents is 1. The largest absolute Gasteiger partial charge is 0.483 e. The van der Waals surface area contributed by atoms with Gasteiger partial charge in [-0.05, 0) is 17.5 Å². The minimum absolute atomic E-state index is 0.0678. The third kappa shape index (κ3) is 5.53. The normalized spacial score (nSPS) is 9.85. The van der Waals surface area contributed by atoms with Crippen LogP contribution in [0.1, 0.15) is 12.8 Å². The highest BCUT2D eigenvalue weighted by molar-refractivity contribution is 7.13. The molecule has 0 spiro atoms. The van der Waals surface area contributed by atoms with Crippen molar-refractivity contribution in [2.24, 2.45) is 0 Å². The Morgan fingerprint density at radius 2 is 1.93 bits per heavy atom. The number of benzene rings is 1. The number of rotatable bonds is 9. The van der Waals surface area contributed by atoms with Crippen LogP contribution in [0.25, 0.3) is 10.4 Å². The molecule has 0 radical (unpaired) electrons. The monoisotopic (exact) mass is 384 g/mol. The summed E-state index contributed by atoms with van der Waals surface area (Å²) in [6.07, 6.45) is 0.324. The third-order valence-corrected chi connectivity index (χ3v) is 4.55. The molecule has 0 N–H and O–H groups in total. The summed E-state index contributed by atoms with van der Waals surface area (Å²) in [6, 6.07) is 11.8. The Hall–Kier alpha value is -3.43. The second-order valence-electron chi connectivity index (χ2n) is 5.40. The van der Waals surface area contributed by atoms with Gasteiger partial charge in [-0.2, -0.15) is 10.5 Å². The topological polar surface area (TPSA) is 120 Å². The van der Waals surface area contributed by atoms with Gasteiger partial charge in [0.25, 0.3) is 11.6 Å². The van der Waals surface area contributed by atoms with E-state index in [1.54, 1.807) is 0 Å². The maximum absolute atomic E-state index is 12.4. The van der Waals surface area contributed by atoms with E-state index in [0.717, 1.165) is 4.88 Å². The molecule has 0 saturated heterocycles. The van der Waals surface area contributed by atoms with Gasteiger partial charge < -0.3 is 9.64 Å². The number of nitriles is 2. The Bertz CT molecular complexity index is 866. The van der Waals surface area contributed by atoms with Crippen LogP contribution in [0.5, 0.6) is 5.75 Å². The van der Waals surface area contributed by atoms with Crippen molar-refractivity contribution in [2.45, 2.75) is 12.8 Å². The fourth-order valence-electron chi connectivity index (χ4n) is 2.34. The number of nitrogens with zero attached hydrogens (tertiary/aromatic N) is 4. The van der Waals surface area contributed by atoms with Gasteiger partial charge in [-0.15, -0.1) is 11.3 Å². The minimum atomic E-state index is -0.489. The lowest BCUT2D eigenvalue weighted by Gasteiger charge is -2.20. The number of hydrogen-bond donors (Lipinski definition) is 0. The molecule has 2 aromatic rings. The van der Waals surface area contributed by atoms with Crippen LogP contribution in [-0.2, 0) is 4.79 Å². The van der Waals surface area contributed by atoms with Gasteiger partial charge in [-0.1, -0.05) is 6.07 Å². The molecule has 1 heterocycles. The van der Waals surface area contributed by atoms with Crippen molar-refractivity contribution in [2.75, 3.05) is 19.7 Å². The smallest absolute Gasteiger partial charge is 0.270 e. The standard InChI is InChI=1S/C18H16N4O4S/c19-7-2-9-21(10-3-8-20)18(23)13-26-16-6-5-14(22(24)25)12-15(16)17-4-1-11-27-17/h1,4-6,11-12H,2-3,9-10,13H2. The molecule has 9 heteroatoms. The molecule has 0 saturated carbocycles. The predicted octanol–water partition coefficient (Wildman–Crippen LogP) is 3.36. The van der Waals surface area contributed by atoms with Crippen LogP contribution in [0.3, 0.4) is 0 Å².